The minimum Gasteiger partial charge on any atom is -0.506 e. The number of aromatic hydroxyl groups is 1. The molecule has 166 valence electrons. The molecule has 0 bridgehead atoms. The van der Waals surface area contributed by atoms with Gasteiger partial charge in [0.05, 0.1) is 27.3 Å². The van der Waals surface area contributed by atoms with Crippen LogP contribution in [0.1, 0.15) is 44.6 Å². The van der Waals surface area contributed by atoms with Crippen LogP contribution in [0.15, 0.2) is 56.5 Å². The number of esters is 1. The van der Waals surface area contributed by atoms with Crippen LogP contribution >= 0.6 is 31.9 Å². The lowest BCUT2D eigenvalue weighted by Crippen LogP contribution is -2.17. The lowest BCUT2D eigenvalue weighted by atomic mass is 10.2. The van der Waals surface area contributed by atoms with Gasteiger partial charge in [-0.05, 0) is 89.0 Å². The van der Waals surface area contributed by atoms with Gasteiger partial charge in [0.25, 0.3) is 5.91 Å². The Morgan fingerprint density at radius 3 is 2.47 bits per heavy atom. The monoisotopic (exact) mass is 561 g/mol. The second-order valence-corrected chi connectivity index (χ2v) is 8.63. The highest BCUT2D eigenvalue weighted by atomic mass is 79.9. The van der Waals surface area contributed by atoms with Crippen LogP contribution in [0.25, 0.3) is 5.69 Å². The molecule has 0 saturated heterocycles. The second-order valence-electron chi connectivity index (χ2n) is 6.92. The summed E-state index contributed by atoms with van der Waals surface area (Å²) >= 11 is 6.41. The SMILES string of the molecule is CCOC(=O)c1cccc(-n2c(C)cc(/C=N\NC(=O)c3cc(Br)c(O)c(Br)c3)c2C)c1. The summed E-state index contributed by atoms with van der Waals surface area (Å²) in [6.07, 6.45) is 1.57. The highest BCUT2D eigenvalue weighted by molar-refractivity contribution is 9.11. The number of aromatic nitrogens is 1. The number of hydrogen-bond donors (Lipinski definition) is 2. The van der Waals surface area contributed by atoms with E-state index in [9.17, 15) is 14.7 Å². The lowest BCUT2D eigenvalue weighted by Gasteiger charge is -2.11. The van der Waals surface area contributed by atoms with Gasteiger partial charge in [-0.25, -0.2) is 10.2 Å². The average molecular weight is 563 g/mol. The van der Waals surface area contributed by atoms with Crippen LogP contribution in [0.4, 0.5) is 0 Å². The number of ether oxygens (including phenoxy) is 1. The Balaban J connectivity index is 1.81. The van der Waals surface area contributed by atoms with Gasteiger partial charge < -0.3 is 14.4 Å². The van der Waals surface area contributed by atoms with E-state index in [1.165, 1.54) is 12.1 Å². The largest absolute Gasteiger partial charge is 0.506 e. The third-order valence-electron chi connectivity index (χ3n) is 4.73. The molecule has 2 aromatic carbocycles. The topological polar surface area (TPSA) is 92.9 Å². The number of nitrogens with one attached hydrogen (secondary N) is 1. The van der Waals surface area contributed by atoms with Crippen molar-refractivity contribution < 1.29 is 19.4 Å². The molecule has 32 heavy (non-hydrogen) atoms. The zero-order valence-electron chi connectivity index (χ0n) is 17.6. The van der Waals surface area contributed by atoms with Gasteiger partial charge >= 0.3 is 5.97 Å². The van der Waals surface area contributed by atoms with Gasteiger partial charge in [0.2, 0.25) is 0 Å². The number of halogens is 2. The molecule has 0 aliphatic carbocycles. The zero-order valence-corrected chi connectivity index (χ0v) is 20.8. The van der Waals surface area contributed by atoms with Crippen LogP contribution in [0.3, 0.4) is 0 Å². The fourth-order valence-electron chi connectivity index (χ4n) is 3.22. The van der Waals surface area contributed by atoms with E-state index in [-0.39, 0.29) is 11.7 Å². The molecule has 1 aromatic heterocycles. The Morgan fingerprint density at radius 2 is 1.81 bits per heavy atom. The number of amides is 1. The van der Waals surface area contributed by atoms with Gasteiger partial charge in [0.1, 0.15) is 5.75 Å². The van der Waals surface area contributed by atoms with E-state index in [1.807, 2.05) is 36.6 Å². The maximum Gasteiger partial charge on any atom is 0.338 e. The first-order valence-electron chi connectivity index (χ1n) is 9.70. The van der Waals surface area contributed by atoms with Crippen LogP contribution in [0.2, 0.25) is 0 Å². The maximum atomic E-state index is 12.4. The minimum absolute atomic E-state index is 0.0181. The smallest absolute Gasteiger partial charge is 0.338 e. The molecule has 1 amide bonds. The van der Waals surface area contributed by atoms with Gasteiger partial charge in [-0.2, -0.15) is 5.10 Å². The summed E-state index contributed by atoms with van der Waals surface area (Å²) in [5, 5.41) is 13.9. The molecule has 7 nitrogen and oxygen atoms in total. The van der Waals surface area contributed by atoms with Crippen LogP contribution in [-0.4, -0.2) is 34.4 Å². The van der Waals surface area contributed by atoms with Gasteiger partial charge in [0, 0.05) is 28.2 Å². The van der Waals surface area contributed by atoms with Crippen LogP contribution in [-0.2, 0) is 4.74 Å². The number of benzene rings is 2. The zero-order chi connectivity index (χ0) is 23.4. The molecular weight excluding hydrogens is 542 g/mol. The number of nitrogens with zero attached hydrogens (tertiary/aromatic N) is 2. The molecule has 2 N–H and O–H groups in total. The molecule has 0 atom stereocenters. The summed E-state index contributed by atoms with van der Waals surface area (Å²) < 4.78 is 7.88. The summed E-state index contributed by atoms with van der Waals surface area (Å²) in [5.74, 6) is -0.767. The fraction of sp³-hybridized carbons (Fsp3) is 0.174. The van der Waals surface area contributed by atoms with Crippen LogP contribution in [0, 0.1) is 13.8 Å². The molecule has 3 aromatic rings. The Morgan fingerprint density at radius 1 is 1.12 bits per heavy atom. The molecule has 0 unspecified atom stereocenters. The first-order chi connectivity index (χ1) is 15.2. The van der Waals surface area contributed by atoms with Crippen molar-refractivity contribution in [2.45, 2.75) is 20.8 Å². The van der Waals surface area contributed by atoms with Crippen LogP contribution in [0.5, 0.6) is 5.75 Å². The molecule has 0 radical (unpaired) electrons. The quantitative estimate of drug-likeness (QED) is 0.243. The van der Waals surface area contributed by atoms with Gasteiger partial charge in [0.15, 0.2) is 0 Å². The molecule has 1 heterocycles. The van der Waals surface area contributed by atoms with E-state index in [1.54, 1.807) is 25.3 Å². The molecule has 0 aliphatic rings. The Hall–Kier alpha value is -2.91. The van der Waals surface area contributed by atoms with Crippen molar-refractivity contribution in [1.29, 1.82) is 0 Å². The number of hydrazone groups is 1. The lowest BCUT2D eigenvalue weighted by molar-refractivity contribution is 0.0526. The third-order valence-corrected chi connectivity index (χ3v) is 5.94. The highest BCUT2D eigenvalue weighted by Crippen LogP contribution is 2.33. The summed E-state index contributed by atoms with van der Waals surface area (Å²) in [5.41, 5.74) is 6.79. The van der Waals surface area contributed by atoms with Crippen molar-refractivity contribution >= 4 is 50.0 Å². The van der Waals surface area contributed by atoms with E-state index >= 15 is 0 Å². The number of phenolic OH excluding ortho intramolecular Hbond substituents is 1. The predicted octanol–water partition coefficient (Wildman–Crippen LogP) is 5.27. The van der Waals surface area contributed by atoms with Crippen molar-refractivity contribution in [3.63, 3.8) is 0 Å². The second kappa shape index (κ2) is 10.1. The first-order valence-corrected chi connectivity index (χ1v) is 11.3. The van der Waals surface area contributed by atoms with E-state index in [2.05, 4.69) is 42.4 Å². The van der Waals surface area contributed by atoms with Gasteiger partial charge in [-0.1, -0.05) is 6.07 Å². The minimum atomic E-state index is -0.418. The summed E-state index contributed by atoms with van der Waals surface area (Å²) in [7, 11) is 0. The van der Waals surface area contributed by atoms with E-state index in [0.29, 0.717) is 26.7 Å². The number of carbonyl (C=O) groups excluding carboxylic acids is 2. The Kier molecular flexibility index (Phi) is 7.52. The van der Waals surface area contributed by atoms with Gasteiger partial charge in [-0.15, -0.1) is 0 Å². The molecule has 3 rings (SSSR count). The van der Waals surface area contributed by atoms with Crippen molar-refractivity contribution in [1.82, 2.24) is 9.99 Å². The number of aryl methyl sites for hydroxylation is 1. The third kappa shape index (κ3) is 5.11. The number of carbonyl (C=O) groups is 2. The molecule has 0 aliphatic heterocycles. The summed E-state index contributed by atoms with van der Waals surface area (Å²) in [6.45, 7) is 5.97. The van der Waals surface area contributed by atoms with Crippen molar-refractivity contribution in [3.8, 4) is 11.4 Å². The van der Waals surface area contributed by atoms with Gasteiger partial charge in [-0.3, -0.25) is 4.79 Å². The number of phenols is 1. The highest BCUT2D eigenvalue weighted by Gasteiger charge is 2.14. The van der Waals surface area contributed by atoms with Crippen molar-refractivity contribution in [2.75, 3.05) is 6.61 Å². The fourth-order valence-corrected chi connectivity index (χ4v) is 4.41. The van der Waals surface area contributed by atoms with E-state index < -0.39 is 5.91 Å². The molecule has 0 saturated carbocycles. The normalized spacial score (nSPS) is 11.0. The van der Waals surface area contributed by atoms with E-state index in [0.717, 1.165) is 22.6 Å². The standard InChI is InChI=1S/C23H21Br2N3O4/c1-4-32-23(31)15-6-5-7-18(9-15)28-13(2)8-17(14(28)3)12-26-27-22(30)16-10-19(24)21(29)20(25)11-16/h5-12,29H,4H2,1-3H3,(H,27,30)/b26-12-. The van der Waals surface area contributed by atoms with Crippen molar-refractivity contribution in [3.05, 3.63) is 79.5 Å². The Bertz CT molecular complexity index is 1190. The summed E-state index contributed by atoms with van der Waals surface area (Å²) in [6, 6.07) is 12.2. The van der Waals surface area contributed by atoms with Crippen molar-refractivity contribution in [2.24, 2.45) is 5.10 Å². The number of hydrogen-bond acceptors (Lipinski definition) is 5. The predicted molar refractivity (Wildman–Crippen MR) is 130 cm³/mol. The molecular formula is C23H21Br2N3O4. The summed E-state index contributed by atoms with van der Waals surface area (Å²) in [4.78, 5) is 24.5. The molecule has 0 spiro atoms. The average Bonchev–Trinajstić information content (AvgIpc) is 3.04. The Labute approximate surface area is 202 Å². The van der Waals surface area contributed by atoms with Crippen LogP contribution < -0.4 is 5.43 Å². The maximum absolute atomic E-state index is 12.4. The van der Waals surface area contributed by atoms with E-state index in [4.69, 9.17) is 4.74 Å². The molecule has 0 fully saturated rings. The molecule has 9 heteroatoms. The first kappa shape index (κ1) is 23.7. The number of rotatable bonds is 6.